The first kappa shape index (κ1) is 20.4. The first-order valence-corrected chi connectivity index (χ1v) is 7.63. The number of allylic oxidation sites excluding steroid dienone is 3. The van der Waals surface area contributed by atoms with Crippen LogP contribution >= 0.6 is 0 Å². The van der Waals surface area contributed by atoms with E-state index in [2.05, 4.69) is 10.7 Å². The van der Waals surface area contributed by atoms with E-state index >= 15 is 0 Å². The monoisotopic (exact) mass is 308 g/mol. The third kappa shape index (κ3) is 9.38. The van der Waals surface area contributed by atoms with Crippen LogP contribution in [0.5, 0.6) is 0 Å². The van der Waals surface area contributed by atoms with Crippen LogP contribution in [0.3, 0.4) is 0 Å². The molecule has 0 spiro atoms. The van der Waals surface area contributed by atoms with E-state index in [1.165, 1.54) is 7.11 Å². The van der Waals surface area contributed by atoms with Gasteiger partial charge in [0.05, 0.1) is 19.3 Å². The van der Waals surface area contributed by atoms with Gasteiger partial charge in [-0.1, -0.05) is 38.2 Å². The van der Waals surface area contributed by atoms with Gasteiger partial charge in [-0.2, -0.15) is 0 Å². The van der Waals surface area contributed by atoms with Crippen LogP contribution in [0.25, 0.3) is 0 Å². The van der Waals surface area contributed by atoms with Gasteiger partial charge in [0.25, 0.3) is 0 Å². The van der Waals surface area contributed by atoms with Crippen molar-refractivity contribution in [2.75, 3.05) is 7.11 Å². The van der Waals surface area contributed by atoms with E-state index in [0.29, 0.717) is 25.7 Å². The molecule has 0 rings (SSSR count). The Bertz CT molecular complexity index is 406. The van der Waals surface area contributed by atoms with E-state index in [1.54, 1.807) is 12.2 Å². The van der Waals surface area contributed by atoms with Gasteiger partial charge in [0.2, 0.25) is 0 Å². The van der Waals surface area contributed by atoms with Crippen LogP contribution in [0, 0.1) is 24.2 Å². The van der Waals surface area contributed by atoms with E-state index in [-0.39, 0.29) is 17.8 Å². The van der Waals surface area contributed by atoms with Gasteiger partial charge in [-0.05, 0) is 24.7 Å². The number of aliphatic hydroxyl groups excluding tert-OH is 2. The van der Waals surface area contributed by atoms with Crippen LogP contribution in [0.15, 0.2) is 24.3 Å². The lowest BCUT2D eigenvalue weighted by Gasteiger charge is -2.22. The third-order valence-corrected chi connectivity index (χ3v) is 3.73. The first-order valence-electron chi connectivity index (χ1n) is 7.63. The van der Waals surface area contributed by atoms with E-state index in [9.17, 15) is 15.0 Å². The van der Waals surface area contributed by atoms with Gasteiger partial charge in [-0.15, -0.1) is 12.3 Å². The molecule has 0 bridgehead atoms. The van der Waals surface area contributed by atoms with E-state index in [0.717, 1.165) is 0 Å². The van der Waals surface area contributed by atoms with E-state index in [4.69, 9.17) is 6.42 Å². The highest BCUT2D eigenvalue weighted by Crippen LogP contribution is 2.20. The molecule has 0 fully saturated rings. The van der Waals surface area contributed by atoms with E-state index < -0.39 is 12.2 Å². The van der Waals surface area contributed by atoms with E-state index in [1.807, 2.05) is 26.0 Å². The maximum atomic E-state index is 11.0. The number of rotatable bonds is 10. The summed E-state index contributed by atoms with van der Waals surface area (Å²) in [5.41, 5.74) is 0. The van der Waals surface area contributed by atoms with Crippen molar-refractivity contribution in [3.8, 4) is 12.3 Å². The Kier molecular flexibility index (Phi) is 11.2. The lowest BCUT2D eigenvalue weighted by molar-refractivity contribution is -0.140. The van der Waals surface area contributed by atoms with Crippen LogP contribution in [-0.4, -0.2) is 35.5 Å². The summed E-state index contributed by atoms with van der Waals surface area (Å²) in [6, 6.07) is 0. The van der Waals surface area contributed by atoms with Gasteiger partial charge < -0.3 is 14.9 Å². The number of hydrogen-bond donors (Lipinski definition) is 2. The molecule has 0 saturated carbocycles. The van der Waals surface area contributed by atoms with Crippen molar-refractivity contribution in [2.24, 2.45) is 11.8 Å². The van der Waals surface area contributed by atoms with Crippen molar-refractivity contribution in [3.05, 3.63) is 24.3 Å². The summed E-state index contributed by atoms with van der Waals surface area (Å²) in [7, 11) is 1.36. The van der Waals surface area contributed by atoms with Gasteiger partial charge in [0.15, 0.2) is 0 Å². The molecule has 0 aromatic rings. The Morgan fingerprint density at radius 2 is 1.91 bits per heavy atom. The second-order valence-electron chi connectivity index (χ2n) is 5.50. The highest BCUT2D eigenvalue weighted by atomic mass is 16.5. The summed E-state index contributed by atoms with van der Waals surface area (Å²) in [5.74, 6) is 2.41. The standard InChI is InChI=1S/C18H28O4/c1-5-9-16(19)11-7-6-10-14(2)15(3)17(20)12-8-13-18(21)22-4/h1,6-7,10-11,14-17,19-20H,8-9,12-13H2,2-4H3/b10-6+,11-7+/t14-,15-,16?,17?/m0/s1. The van der Waals surface area contributed by atoms with Crippen LogP contribution < -0.4 is 0 Å². The molecule has 0 aliphatic carbocycles. The molecule has 4 nitrogen and oxygen atoms in total. The largest absolute Gasteiger partial charge is 0.469 e. The first-order chi connectivity index (χ1) is 10.4. The number of ether oxygens (including phenoxy) is 1. The highest BCUT2D eigenvalue weighted by Gasteiger charge is 2.18. The number of carbonyl (C=O) groups is 1. The molecule has 0 aliphatic rings. The summed E-state index contributed by atoms with van der Waals surface area (Å²) in [6.45, 7) is 4.01. The average molecular weight is 308 g/mol. The van der Waals surface area contributed by atoms with Crippen LogP contribution in [0.2, 0.25) is 0 Å². The second kappa shape index (κ2) is 12.0. The zero-order valence-electron chi connectivity index (χ0n) is 13.7. The summed E-state index contributed by atoms with van der Waals surface area (Å²) in [6.07, 6.45) is 13.1. The maximum absolute atomic E-state index is 11.0. The Balaban J connectivity index is 4.15. The van der Waals surface area contributed by atoms with Gasteiger partial charge >= 0.3 is 5.97 Å². The quantitative estimate of drug-likeness (QED) is 0.369. The minimum Gasteiger partial charge on any atom is -0.469 e. The zero-order chi connectivity index (χ0) is 17.0. The molecule has 2 N–H and O–H groups in total. The predicted octanol–water partition coefficient (Wildman–Crippen LogP) is 2.46. The molecular weight excluding hydrogens is 280 g/mol. The molecule has 0 aromatic heterocycles. The Morgan fingerprint density at radius 1 is 1.27 bits per heavy atom. The summed E-state index contributed by atoms with van der Waals surface area (Å²) in [4.78, 5) is 11.0. The Hall–Kier alpha value is -1.57. The maximum Gasteiger partial charge on any atom is 0.305 e. The number of aliphatic hydroxyl groups is 2. The average Bonchev–Trinajstić information content (AvgIpc) is 2.50. The topological polar surface area (TPSA) is 66.8 Å². The molecule has 22 heavy (non-hydrogen) atoms. The molecule has 0 aliphatic heterocycles. The molecule has 2 unspecified atom stereocenters. The number of hydrogen-bond acceptors (Lipinski definition) is 4. The van der Waals surface area contributed by atoms with Crippen molar-refractivity contribution in [3.63, 3.8) is 0 Å². The molecule has 0 aromatic carbocycles. The minimum atomic E-state index is -0.619. The molecule has 0 heterocycles. The fourth-order valence-electron chi connectivity index (χ4n) is 1.97. The smallest absolute Gasteiger partial charge is 0.305 e. The van der Waals surface area contributed by atoms with Gasteiger partial charge in [0, 0.05) is 12.8 Å². The molecule has 124 valence electrons. The molecule has 4 atom stereocenters. The fraction of sp³-hybridized carbons (Fsp3) is 0.611. The molecule has 4 heteroatoms. The van der Waals surface area contributed by atoms with Crippen LogP contribution in [-0.2, 0) is 9.53 Å². The molecular formula is C18H28O4. The highest BCUT2D eigenvalue weighted by molar-refractivity contribution is 5.68. The summed E-state index contributed by atoms with van der Waals surface area (Å²) < 4.78 is 4.57. The fourth-order valence-corrected chi connectivity index (χ4v) is 1.97. The minimum absolute atomic E-state index is 0.0814. The second-order valence-corrected chi connectivity index (χ2v) is 5.50. The SMILES string of the molecule is C#CCC(O)/C=C/C=C/[C@H](C)[C@H](C)C(O)CCCC(=O)OC. The number of esters is 1. The van der Waals surface area contributed by atoms with Gasteiger partial charge in [0.1, 0.15) is 0 Å². The van der Waals surface area contributed by atoms with Crippen LogP contribution in [0.1, 0.15) is 39.5 Å². The molecule has 0 amide bonds. The van der Waals surface area contributed by atoms with Crippen molar-refractivity contribution >= 4 is 5.97 Å². The number of carbonyl (C=O) groups excluding carboxylic acids is 1. The number of methoxy groups -OCH3 is 1. The van der Waals surface area contributed by atoms with Crippen molar-refractivity contribution in [2.45, 2.75) is 51.7 Å². The summed E-state index contributed by atoms with van der Waals surface area (Å²) in [5, 5.41) is 19.6. The third-order valence-electron chi connectivity index (χ3n) is 3.73. The molecule has 0 radical (unpaired) electrons. The van der Waals surface area contributed by atoms with Crippen molar-refractivity contribution < 1.29 is 19.7 Å². The Labute approximate surface area is 133 Å². The van der Waals surface area contributed by atoms with Gasteiger partial charge in [-0.25, -0.2) is 0 Å². The summed E-state index contributed by atoms with van der Waals surface area (Å²) >= 11 is 0. The Morgan fingerprint density at radius 3 is 2.50 bits per heavy atom. The van der Waals surface area contributed by atoms with Crippen LogP contribution in [0.4, 0.5) is 0 Å². The van der Waals surface area contributed by atoms with Crippen molar-refractivity contribution in [1.82, 2.24) is 0 Å². The van der Waals surface area contributed by atoms with Crippen molar-refractivity contribution in [1.29, 1.82) is 0 Å². The molecule has 0 saturated heterocycles. The normalized spacial score (nSPS) is 17.1. The zero-order valence-corrected chi connectivity index (χ0v) is 13.7. The lowest BCUT2D eigenvalue weighted by Crippen LogP contribution is -2.23. The predicted molar refractivity (Wildman–Crippen MR) is 87.9 cm³/mol. The van der Waals surface area contributed by atoms with Gasteiger partial charge in [-0.3, -0.25) is 4.79 Å². The lowest BCUT2D eigenvalue weighted by atomic mass is 9.88. The number of terminal acetylenes is 1.